The quantitative estimate of drug-likeness (QED) is 0.458. The van der Waals surface area contributed by atoms with Gasteiger partial charge in [0.25, 0.3) is 0 Å². The van der Waals surface area contributed by atoms with Crippen molar-refractivity contribution in [3.05, 3.63) is 47.0 Å². The molecule has 2 rings (SSSR count). The van der Waals surface area contributed by atoms with E-state index in [1.807, 2.05) is 50.2 Å². The highest BCUT2D eigenvalue weighted by Crippen LogP contribution is 2.36. The number of carbonyl (C=O) groups excluding carboxylic acids is 1. The summed E-state index contributed by atoms with van der Waals surface area (Å²) in [5.41, 5.74) is 2.94. The number of ether oxygens (including phenoxy) is 4. The Hall–Kier alpha value is -3.15. The standard InChI is InChI=1S/C23H29NO5/c1-8-16(11-15-9-10-19(26-4)18(12-15)24(2)3)23(25)17-13-21(28-6)22(29-7)14-20(17)27-5/h9-14H,8H2,1-7H3. The monoisotopic (exact) mass is 399 g/mol. The smallest absolute Gasteiger partial charge is 0.192 e. The Kier molecular flexibility index (Phi) is 7.53. The maximum atomic E-state index is 13.3. The van der Waals surface area contributed by atoms with Gasteiger partial charge in [-0.3, -0.25) is 4.79 Å². The van der Waals surface area contributed by atoms with Crippen LogP contribution in [0.15, 0.2) is 35.9 Å². The van der Waals surface area contributed by atoms with Gasteiger partial charge in [0, 0.05) is 25.7 Å². The first-order chi connectivity index (χ1) is 13.9. The number of hydrogen-bond donors (Lipinski definition) is 0. The summed E-state index contributed by atoms with van der Waals surface area (Å²) >= 11 is 0. The second-order valence-electron chi connectivity index (χ2n) is 6.59. The maximum Gasteiger partial charge on any atom is 0.192 e. The number of methoxy groups -OCH3 is 4. The van der Waals surface area contributed by atoms with E-state index in [0.29, 0.717) is 34.8 Å². The van der Waals surface area contributed by atoms with Gasteiger partial charge < -0.3 is 23.8 Å². The van der Waals surface area contributed by atoms with Crippen LogP contribution in [0.4, 0.5) is 5.69 Å². The van der Waals surface area contributed by atoms with E-state index in [0.717, 1.165) is 17.0 Å². The number of hydrogen-bond acceptors (Lipinski definition) is 6. The van der Waals surface area contributed by atoms with E-state index in [9.17, 15) is 4.79 Å². The van der Waals surface area contributed by atoms with Crippen LogP contribution < -0.4 is 23.8 Å². The highest BCUT2D eigenvalue weighted by atomic mass is 16.5. The second kappa shape index (κ2) is 9.87. The fourth-order valence-corrected chi connectivity index (χ4v) is 3.06. The van der Waals surface area contributed by atoms with Crippen LogP contribution in [0, 0.1) is 0 Å². The van der Waals surface area contributed by atoms with Gasteiger partial charge in [-0.15, -0.1) is 0 Å². The van der Waals surface area contributed by atoms with Gasteiger partial charge in [-0.2, -0.15) is 0 Å². The van der Waals surface area contributed by atoms with Crippen molar-refractivity contribution >= 4 is 17.5 Å². The maximum absolute atomic E-state index is 13.3. The van der Waals surface area contributed by atoms with Crippen molar-refractivity contribution in [2.24, 2.45) is 0 Å². The van der Waals surface area contributed by atoms with E-state index < -0.39 is 0 Å². The molecule has 0 atom stereocenters. The van der Waals surface area contributed by atoms with E-state index in [-0.39, 0.29) is 5.78 Å². The normalized spacial score (nSPS) is 11.1. The van der Waals surface area contributed by atoms with Gasteiger partial charge in [0.1, 0.15) is 11.5 Å². The average Bonchev–Trinajstić information content (AvgIpc) is 2.75. The molecule has 0 aromatic heterocycles. The Labute approximate surface area is 172 Å². The molecule has 0 radical (unpaired) electrons. The molecule has 6 nitrogen and oxygen atoms in total. The van der Waals surface area contributed by atoms with Crippen molar-refractivity contribution < 1.29 is 23.7 Å². The number of rotatable bonds is 9. The van der Waals surface area contributed by atoms with Crippen LogP contribution in [0.3, 0.4) is 0 Å². The Morgan fingerprint density at radius 1 is 0.862 bits per heavy atom. The van der Waals surface area contributed by atoms with Crippen molar-refractivity contribution in [2.45, 2.75) is 13.3 Å². The Balaban J connectivity index is 2.52. The van der Waals surface area contributed by atoms with Crippen LogP contribution in [-0.2, 0) is 0 Å². The lowest BCUT2D eigenvalue weighted by Crippen LogP contribution is -2.10. The molecular weight excluding hydrogens is 370 g/mol. The predicted molar refractivity (Wildman–Crippen MR) is 116 cm³/mol. The molecule has 0 heterocycles. The molecule has 0 aliphatic carbocycles. The minimum absolute atomic E-state index is 0.118. The first kappa shape index (κ1) is 22.1. The van der Waals surface area contributed by atoms with Crippen LogP contribution in [0.5, 0.6) is 23.0 Å². The lowest BCUT2D eigenvalue weighted by molar-refractivity contribution is 0.102. The molecular formula is C23H29NO5. The summed E-state index contributed by atoms with van der Waals surface area (Å²) in [4.78, 5) is 15.3. The number of anilines is 1. The van der Waals surface area contributed by atoms with E-state index in [2.05, 4.69) is 0 Å². The minimum Gasteiger partial charge on any atom is -0.496 e. The zero-order chi connectivity index (χ0) is 21.6. The van der Waals surface area contributed by atoms with E-state index in [1.54, 1.807) is 26.4 Å². The summed E-state index contributed by atoms with van der Waals surface area (Å²) in [6.45, 7) is 1.95. The number of allylic oxidation sites excluding steroid dienone is 1. The third-order valence-electron chi connectivity index (χ3n) is 4.65. The summed E-state index contributed by atoms with van der Waals surface area (Å²) in [5, 5.41) is 0. The number of benzene rings is 2. The van der Waals surface area contributed by atoms with Gasteiger partial charge in [0.2, 0.25) is 0 Å². The second-order valence-corrected chi connectivity index (χ2v) is 6.59. The number of Topliss-reactive ketones (excluding diaryl/α,β-unsaturated/α-hetero) is 1. The highest BCUT2D eigenvalue weighted by Gasteiger charge is 2.20. The number of carbonyl (C=O) groups is 1. The molecule has 6 heteroatoms. The first-order valence-corrected chi connectivity index (χ1v) is 9.30. The third kappa shape index (κ3) is 4.83. The molecule has 0 aliphatic rings. The summed E-state index contributed by atoms with van der Waals surface area (Å²) in [5.74, 6) is 2.08. The Morgan fingerprint density at radius 2 is 1.45 bits per heavy atom. The minimum atomic E-state index is -0.118. The zero-order valence-electron chi connectivity index (χ0n) is 18.2. The van der Waals surface area contributed by atoms with Crippen LogP contribution in [0.2, 0.25) is 0 Å². The van der Waals surface area contributed by atoms with Gasteiger partial charge in [-0.05, 0) is 36.3 Å². The molecule has 0 bridgehead atoms. The topological polar surface area (TPSA) is 57.2 Å². The third-order valence-corrected chi connectivity index (χ3v) is 4.65. The largest absolute Gasteiger partial charge is 0.496 e. The molecule has 0 saturated carbocycles. The molecule has 0 unspecified atom stereocenters. The summed E-state index contributed by atoms with van der Waals surface area (Å²) < 4.78 is 21.5. The van der Waals surface area contributed by atoms with Crippen LogP contribution in [-0.4, -0.2) is 48.3 Å². The van der Waals surface area contributed by atoms with Crippen LogP contribution in [0.25, 0.3) is 6.08 Å². The highest BCUT2D eigenvalue weighted by molar-refractivity contribution is 6.13. The molecule has 2 aromatic rings. The molecule has 2 aromatic carbocycles. The van der Waals surface area contributed by atoms with Crippen molar-refractivity contribution in [1.29, 1.82) is 0 Å². The lowest BCUT2D eigenvalue weighted by Gasteiger charge is -2.17. The van der Waals surface area contributed by atoms with Crippen molar-refractivity contribution in [1.82, 2.24) is 0 Å². The molecule has 0 amide bonds. The summed E-state index contributed by atoms with van der Waals surface area (Å²) in [6.07, 6.45) is 2.46. The van der Waals surface area contributed by atoms with Crippen LogP contribution >= 0.6 is 0 Å². The van der Waals surface area contributed by atoms with Crippen molar-refractivity contribution in [3.8, 4) is 23.0 Å². The van der Waals surface area contributed by atoms with Gasteiger partial charge in [-0.25, -0.2) is 0 Å². The SMILES string of the molecule is CCC(=Cc1ccc(OC)c(N(C)C)c1)C(=O)c1cc(OC)c(OC)cc1OC. The van der Waals surface area contributed by atoms with E-state index in [4.69, 9.17) is 18.9 Å². The molecule has 0 spiro atoms. The Bertz CT molecular complexity index is 902. The fourth-order valence-electron chi connectivity index (χ4n) is 3.06. The molecule has 0 fully saturated rings. The average molecular weight is 399 g/mol. The molecule has 0 N–H and O–H groups in total. The van der Waals surface area contributed by atoms with Crippen molar-refractivity contribution in [3.63, 3.8) is 0 Å². The molecule has 0 saturated heterocycles. The zero-order valence-corrected chi connectivity index (χ0v) is 18.2. The first-order valence-electron chi connectivity index (χ1n) is 9.30. The van der Waals surface area contributed by atoms with Crippen molar-refractivity contribution in [2.75, 3.05) is 47.4 Å². The summed E-state index contributed by atoms with van der Waals surface area (Å²) in [7, 11) is 10.2. The fraction of sp³-hybridized carbons (Fsp3) is 0.348. The summed E-state index contributed by atoms with van der Waals surface area (Å²) in [6, 6.07) is 9.14. The molecule has 156 valence electrons. The number of ketones is 1. The molecule has 0 aliphatic heterocycles. The van der Waals surface area contributed by atoms with Crippen LogP contribution in [0.1, 0.15) is 29.3 Å². The van der Waals surface area contributed by atoms with E-state index in [1.165, 1.54) is 14.2 Å². The Morgan fingerprint density at radius 3 is 1.97 bits per heavy atom. The van der Waals surface area contributed by atoms with Gasteiger partial charge in [0.05, 0.1) is 39.7 Å². The van der Waals surface area contributed by atoms with Gasteiger partial charge >= 0.3 is 0 Å². The molecule has 29 heavy (non-hydrogen) atoms. The van der Waals surface area contributed by atoms with Gasteiger partial charge in [0.15, 0.2) is 17.3 Å². The van der Waals surface area contributed by atoms with E-state index >= 15 is 0 Å². The van der Waals surface area contributed by atoms with Gasteiger partial charge in [-0.1, -0.05) is 13.0 Å². The predicted octanol–water partition coefficient (Wildman–Crippen LogP) is 4.46. The lowest BCUT2D eigenvalue weighted by atomic mass is 9.97. The number of nitrogens with zero attached hydrogens (tertiary/aromatic N) is 1.